The maximum absolute atomic E-state index is 11.6. The van der Waals surface area contributed by atoms with Gasteiger partial charge in [-0.15, -0.1) is 24.8 Å². The zero-order valence-electron chi connectivity index (χ0n) is 16.9. The number of rotatable bonds is 5. The second-order valence-corrected chi connectivity index (χ2v) is 9.74. The standard InChI is InChI=1S/C19H31N3O3S.2ClH/c1-14-12-20-10-11-22(14)17-6-4-16(5-7-17)13-25-18-8-9-19(21-15(18)2)26(3,23)24;;/h8-9,14,16-17,20H,4-7,10-13H2,1-3H3;2*1H/t14-,16-,17-;;/m0../s1. The van der Waals surface area contributed by atoms with E-state index in [1.165, 1.54) is 38.0 Å². The highest BCUT2D eigenvalue weighted by Crippen LogP contribution is 2.30. The maximum Gasteiger partial charge on any atom is 0.192 e. The average molecular weight is 454 g/mol. The molecule has 6 nitrogen and oxygen atoms in total. The van der Waals surface area contributed by atoms with Crippen LogP contribution in [-0.4, -0.2) is 62.9 Å². The molecule has 1 saturated heterocycles. The van der Waals surface area contributed by atoms with Gasteiger partial charge in [0.25, 0.3) is 0 Å². The monoisotopic (exact) mass is 453 g/mol. The first-order chi connectivity index (χ1) is 12.3. The molecular weight excluding hydrogens is 421 g/mol. The third-order valence-electron chi connectivity index (χ3n) is 5.70. The van der Waals surface area contributed by atoms with Crippen molar-refractivity contribution in [2.24, 2.45) is 5.92 Å². The number of sulfone groups is 1. The van der Waals surface area contributed by atoms with Gasteiger partial charge >= 0.3 is 0 Å². The summed E-state index contributed by atoms with van der Waals surface area (Å²) in [6.45, 7) is 8.15. The minimum absolute atomic E-state index is 0. The molecular formula is C19H33Cl2N3O3S. The molecule has 0 amide bonds. The Kier molecular flexibility index (Phi) is 9.97. The number of piperazine rings is 1. The summed E-state index contributed by atoms with van der Waals surface area (Å²) in [7, 11) is -3.27. The maximum atomic E-state index is 11.6. The number of nitrogens with zero attached hydrogens (tertiary/aromatic N) is 2. The first-order valence-corrected chi connectivity index (χ1v) is 11.5. The van der Waals surface area contributed by atoms with E-state index in [-0.39, 0.29) is 29.8 Å². The highest BCUT2D eigenvalue weighted by Gasteiger charge is 2.30. The van der Waals surface area contributed by atoms with Crippen LogP contribution in [0.3, 0.4) is 0 Å². The van der Waals surface area contributed by atoms with Crippen LogP contribution in [0.15, 0.2) is 17.2 Å². The summed E-state index contributed by atoms with van der Waals surface area (Å²) in [5.41, 5.74) is 0.635. The third-order valence-corrected chi connectivity index (χ3v) is 6.69. The van der Waals surface area contributed by atoms with Gasteiger partial charge in [0, 0.05) is 38.0 Å². The molecule has 1 saturated carbocycles. The van der Waals surface area contributed by atoms with Crippen molar-refractivity contribution < 1.29 is 13.2 Å². The minimum Gasteiger partial charge on any atom is -0.491 e. The molecule has 1 aromatic rings. The fourth-order valence-corrected chi connectivity index (χ4v) is 4.75. The molecule has 1 N–H and O–H groups in total. The topological polar surface area (TPSA) is 71.5 Å². The predicted octanol–water partition coefficient (Wildman–Crippen LogP) is 2.87. The Bertz CT molecular complexity index is 725. The first kappa shape index (κ1) is 25.4. The number of hydrogen-bond acceptors (Lipinski definition) is 6. The molecule has 162 valence electrons. The molecule has 1 aliphatic carbocycles. The molecule has 1 atom stereocenters. The van der Waals surface area contributed by atoms with E-state index in [0.717, 1.165) is 19.6 Å². The Morgan fingerprint density at radius 3 is 2.46 bits per heavy atom. The summed E-state index contributed by atoms with van der Waals surface area (Å²) >= 11 is 0. The minimum atomic E-state index is -3.27. The lowest BCUT2D eigenvalue weighted by molar-refractivity contribution is 0.0708. The lowest BCUT2D eigenvalue weighted by Crippen LogP contribution is -2.54. The van der Waals surface area contributed by atoms with Crippen LogP contribution in [0.5, 0.6) is 5.75 Å². The summed E-state index contributed by atoms with van der Waals surface area (Å²) in [6, 6.07) is 4.59. The average Bonchev–Trinajstić information content (AvgIpc) is 2.61. The molecule has 1 aliphatic heterocycles. The van der Waals surface area contributed by atoms with E-state index in [1.54, 1.807) is 13.0 Å². The van der Waals surface area contributed by atoms with Crippen LogP contribution in [0.25, 0.3) is 0 Å². The number of halogens is 2. The molecule has 0 spiro atoms. The van der Waals surface area contributed by atoms with E-state index in [4.69, 9.17) is 4.74 Å². The highest BCUT2D eigenvalue weighted by molar-refractivity contribution is 7.90. The van der Waals surface area contributed by atoms with Gasteiger partial charge in [-0.25, -0.2) is 13.4 Å². The largest absolute Gasteiger partial charge is 0.491 e. The van der Waals surface area contributed by atoms with E-state index in [1.807, 2.05) is 0 Å². The van der Waals surface area contributed by atoms with Gasteiger partial charge in [-0.05, 0) is 57.6 Å². The first-order valence-electron chi connectivity index (χ1n) is 9.61. The normalized spacial score (nSPS) is 26.0. The summed E-state index contributed by atoms with van der Waals surface area (Å²) in [5, 5.41) is 3.57. The molecule has 2 heterocycles. The van der Waals surface area contributed by atoms with Crippen LogP contribution in [0.2, 0.25) is 0 Å². The number of pyridine rings is 1. The van der Waals surface area contributed by atoms with Gasteiger partial charge in [-0.3, -0.25) is 4.90 Å². The van der Waals surface area contributed by atoms with Gasteiger partial charge in [0.2, 0.25) is 0 Å². The fourth-order valence-electron chi connectivity index (χ4n) is 4.13. The molecule has 0 radical (unpaired) electrons. The van der Waals surface area contributed by atoms with Crippen molar-refractivity contribution in [3.63, 3.8) is 0 Å². The van der Waals surface area contributed by atoms with Crippen LogP contribution in [0, 0.1) is 12.8 Å². The zero-order valence-corrected chi connectivity index (χ0v) is 19.3. The van der Waals surface area contributed by atoms with Gasteiger partial charge in [0.1, 0.15) is 5.75 Å². The summed E-state index contributed by atoms with van der Waals surface area (Å²) in [5.74, 6) is 1.26. The van der Waals surface area contributed by atoms with Gasteiger partial charge in [-0.1, -0.05) is 0 Å². The number of nitrogens with one attached hydrogen (secondary N) is 1. The van der Waals surface area contributed by atoms with E-state index in [9.17, 15) is 8.42 Å². The van der Waals surface area contributed by atoms with E-state index in [2.05, 4.69) is 22.1 Å². The third kappa shape index (κ3) is 6.46. The van der Waals surface area contributed by atoms with Gasteiger partial charge in [-0.2, -0.15) is 0 Å². The van der Waals surface area contributed by atoms with Crippen LogP contribution < -0.4 is 10.1 Å². The Balaban J connectivity index is 0.00000196. The van der Waals surface area contributed by atoms with Crippen molar-refractivity contribution >= 4 is 34.7 Å². The molecule has 1 aromatic heterocycles. The van der Waals surface area contributed by atoms with Crippen molar-refractivity contribution in [1.29, 1.82) is 0 Å². The van der Waals surface area contributed by atoms with Crippen molar-refractivity contribution in [2.45, 2.75) is 56.6 Å². The second-order valence-electron chi connectivity index (χ2n) is 7.78. The summed E-state index contributed by atoms with van der Waals surface area (Å²) < 4.78 is 29.1. The molecule has 0 unspecified atom stereocenters. The number of aryl methyl sites for hydroxylation is 1. The van der Waals surface area contributed by atoms with E-state index < -0.39 is 9.84 Å². The smallest absolute Gasteiger partial charge is 0.192 e. The Morgan fingerprint density at radius 2 is 1.89 bits per heavy atom. The van der Waals surface area contributed by atoms with Crippen LogP contribution in [0.4, 0.5) is 0 Å². The molecule has 2 aliphatic rings. The molecule has 9 heteroatoms. The quantitative estimate of drug-likeness (QED) is 0.738. The van der Waals surface area contributed by atoms with Crippen LogP contribution in [-0.2, 0) is 9.84 Å². The molecule has 2 fully saturated rings. The fraction of sp³-hybridized carbons (Fsp3) is 0.737. The number of hydrogen-bond donors (Lipinski definition) is 1. The summed E-state index contributed by atoms with van der Waals surface area (Å²) in [4.78, 5) is 6.84. The number of ether oxygens (including phenoxy) is 1. The molecule has 3 rings (SSSR count). The molecule has 28 heavy (non-hydrogen) atoms. The molecule has 0 bridgehead atoms. The van der Waals surface area contributed by atoms with Gasteiger partial charge in [0.15, 0.2) is 14.9 Å². The summed E-state index contributed by atoms with van der Waals surface area (Å²) in [6.07, 6.45) is 6.03. The van der Waals surface area contributed by atoms with Gasteiger partial charge < -0.3 is 10.1 Å². The second kappa shape index (κ2) is 11.0. The van der Waals surface area contributed by atoms with Crippen LogP contribution in [0.1, 0.15) is 38.3 Å². The SMILES string of the molecule is Cc1nc(S(C)(=O)=O)ccc1OC[C@H]1CC[C@H](N2CCNC[C@@H]2C)CC1.Cl.Cl. The van der Waals surface area contributed by atoms with E-state index >= 15 is 0 Å². The van der Waals surface area contributed by atoms with Gasteiger partial charge in [0.05, 0.1) is 12.3 Å². The lowest BCUT2D eigenvalue weighted by Gasteiger charge is -2.43. The van der Waals surface area contributed by atoms with Crippen molar-refractivity contribution in [1.82, 2.24) is 15.2 Å². The highest BCUT2D eigenvalue weighted by atomic mass is 35.5. The lowest BCUT2D eigenvalue weighted by atomic mass is 9.85. The predicted molar refractivity (Wildman–Crippen MR) is 117 cm³/mol. The molecule has 0 aromatic carbocycles. The Hall–Kier alpha value is -0.600. The Morgan fingerprint density at radius 1 is 1.21 bits per heavy atom. The number of aromatic nitrogens is 1. The van der Waals surface area contributed by atoms with Crippen molar-refractivity contribution in [3.05, 3.63) is 17.8 Å². The van der Waals surface area contributed by atoms with Crippen molar-refractivity contribution in [3.8, 4) is 5.75 Å². The van der Waals surface area contributed by atoms with Crippen molar-refractivity contribution in [2.75, 3.05) is 32.5 Å². The zero-order chi connectivity index (χ0) is 18.7. The van der Waals surface area contributed by atoms with E-state index in [0.29, 0.717) is 36.1 Å². The van der Waals surface area contributed by atoms with Crippen LogP contribution >= 0.6 is 24.8 Å². The Labute approximate surface area is 181 Å².